The second-order valence-electron chi connectivity index (χ2n) is 3.90. The van der Waals surface area contributed by atoms with Crippen LogP contribution in [-0.2, 0) is 11.3 Å². The predicted octanol–water partition coefficient (Wildman–Crippen LogP) is 2.85. The van der Waals surface area contributed by atoms with Crippen LogP contribution in [0.2, 0.25) is 0 Å². The Morgan fingerprint density at radius 1 is 1.39 bits per heavy atom. The Labute approximate surface area is 107 Å². The normalized spacial score (nSPS) is 10.9. The Balaban J connectivity index is 2.26. The highest BCUT2D eigenvalue weighted by Crippen LogP contribution is 2.30. The predicted molar refractivity (Wildman–Crippen MR) is 70.7 cm³/mol. The summed E-state index contributed by atoms with van der Waals surface area (Å²) in [4.78, 5) is 16.3. The Kier molecular flexibility index (Phi) is 2.60. The minimum atomic E-state index is -0.865. The van der Waals surface area contributed by atoms with E-state index in [0.29, 0.717) is 5.65 Å². The summed E-state index contributed by atoms with van der Waals surface area (Å²) < 4.78 is 1.74. The van der Waals surface area contributed by atoms with E-state index in [1.54, 1.807) is 22.1 Å². The molecular weight excluding hydrogens is 248 g/mol. The molecule has 0 spiro atoms. The van der Waals surface area contributed by atoms with Crippen molar-refractivity contribution in [3.05, 3.63) is 41.9 Å². The molecule has 0 radical (unpaired) electrons. The van der Waals surface area contributed by atoms with Crippen molar-refractivity contribution in [3.8, 4) is 10.6 Å². The molecule has 5 heteroatoms. The summed E-state index contributed by atoms with van der Waals surface area (Å²) >= 11 is 1.59. The van der Waals surface area contributed by atoms with E-state index in [2.05, 4.69) is 4.98 Å². The molecule has 4 nitrogen and oxygen atoms in total. The van der Waals surface area contributed by atoms with Crippen molar-refractivity contribution in [2.45, 2.75) is 6.54 Å². The number of hydrogen-bond acceptors (Lipinski definition) is 3. The zero-order valence-electron chi connectivity index (χ0n) is 9.41. The van der Waals surface area contributed by atoms with Crippen LogP contribution in [0.15, 0.2) is 41.9 Å². The first-order valence-electron chi connectivity index (χ1n) is 5.45. The molecular formula is C13H10N2O2S. The Morgan fingerprint density at radius 2 is 2.28 bits per heavy atom. The number of rotatable bonds is 3. The molecule has 0 saturated heterocycles. The van der Waals surface area contributed by atoms with E-state index in [1.807, 2.05) is 35.7 Å². The van der Waals surface area contributed by atoms with Crippen LogP contribution in [0.3, 0.4) is 0 Å². The molecule has 3 aromatic rings. The maximum Gasteiger partial charge on any atom is 0.323 e. The van der Waals surface area contributed by atoms with Gasteiger partial charge in [-0.15, -0.1) is 11.3 Å². The molecule has 0 bridgehead atoms. The molecule has 1 N–H and O–H groups in total. The summed E-state index contributed by atoms with van der Waals surface area (Å²) in [5.74, 6) is -0.865. The lowest BCUT2D eigenvalue weighted by Crippen LogP contribution is -2.09. The molecule has 0 atom stereocenters. The van der Waals surface area contributed by atoms with Gasteiger partial charge in [-0.1, -0.05) is 6.07 Å². The number of carboxylic acid groups (broad SMARTS) is 1. The molecule has 0 amide bonds. The first-order valence-corrected chi connectivity index (χ1v) is 6.33. The van der Waals surface area contributed by atoms with Gasteiger partial charge in [-0.3, -0.25) is 4.79 Å². The summed E-state index contributed by atoms with van der Waals surface area (Å²) in [5.41, 5.74) is 1.62. The molecule has 0 saturated carbocycles. The number of thiophene rings is 1. The monoisotopic (exact) mass is 258 g/mol. The fraction of sp³-hybridized carbons (Fsp3) is 0.0769. The largest absolute Gasteiger partial charge is 0.480 e. The first-order chi connectivity index (χ1) is 8.75. The van der Waals surface area contributed by atoms with E-state index in [9.17, 15) is 4.79 Å². The Bertz CT molecular complexity index is 701. The molecule has 0 unspecified atom stereocenters. The van der Waals surface area contributed by atoms with Crippen LogP contribution in [0.25, 0.3) is 21.6 Å². The number of aliphatic carboxylic acids is 1. The van der Waals surface area contributed by atoms with Gasteiger partial charge in [0.2, 0.25) is 0 Å². The molecule has 3 heterocycles. The van der Waals surface area contributed by atoms with E-state index in [0.717, 1.165) is 16.0 Å². The van der Waals surface area contributed by atoms with Gasteiger partial charge < -0.3 is 9.67 Å². The topological polar surface area (TPSA) is 55.1 Å². The molecule has 0 fully saturated rings. The van der Waals surface area contributed by atoms with Crippen LogP contribution >= 0.6 is 11.3 Å². The number of carbonyl (C=O) groups is 1. The quantitative estimate of drug-likeness (QED) is 0.786. The zero-order valence-corrected chi connectivity index (χ0v) is 10.2. The van der Waals surface area contributed by atoms with Crippen molar-refractivity contribution >= 4 is 28.3 Å². The van der Waals surface area contributed by atoms with Crippen molar-refractivity contribution < 1.29 is 9.90 Å². The summed E-state index contributed by atoms with van der Waals surface area (Å²) in [5, 5.41) is 12.0. The van der Waals surface area contributed by atoms with E-state index >= 15 is 0 Å². The number of fused-ring (bicyclic) bond motifs is 1. The van der Waals surface area contributed by atoms with Gasteiger partial charge in [0.05, 0.1) is 10.6 Å². The van der Waals surface area contributed by atoms with Crippen molar-refractivity contribution in [1.82, 2.24) is 9.55 Å². The Morgan fingerprint density at radius 3 is 3.00 bits per heavy atom. The van der Waals surface area contributed by atoms with Crippen molar-refractivity contribution in [1.29, 1.82) is 0 Å². The van der Waals surface area contributed by atoms with E-state index in [4.69, 9.17) is 5.11 Å². The van der Waals surface area contributed by atoms with Crippen LogP contribution < -0.4 is 0 Å². The maximum atomic E-state index is 11.0. The standard InChI is InChI=1S/C13H10N2O2S/c16-12(17)8-15-10(11-4-2-6-18-11)7-9-3-1-5-14-13(9)15/h1-7H,8H2,(H,16,17). The lowest BCUT2D eigenvalue weighted by Gasteiger charge is -2.05. The molecule has 0 aliphatic carbocycles. The molecule has 0 aliphatic rings. The van der Waals surface area contributed by atoms with Crippen molar-refractivity contribution in [2.75, 3.05) is 0 Å². The molecule has 0 aromatic carbocycles. The average Bonchev–Trinajstić information content (AvgIpc) is 2.96. The maximum absolute atomic E-state index is 11.0. The van der Waals surface area contributed by atoms with Crippen LogP contribution in [0.5, 0.6) is 0 Å². The minimum absolute atomic E-state index is 0.0756. The van der Waals surface area contributed by atoms with Crippen molar-refractivity contribution in [3.63, 3.8) is 0 Å². The van der Waals surface area contributed by atoms with E-state index < -0.39 is 5.97 Å². The summed E-state index contributed by atoms with van der Waals surface area (Å²) in [6, 6.07) is 9.72. The van der Waals surface area contributed by atoms with Crippen LogP contribution in [0.4, 0.5) is 0 Å². The van der Waals surface area contributed by atoms with E-state index in [-0.39, 0.29) is 6.54 Å². The number of aromatic nitrogens is 2. The van der Waals surface area contributed by atoms with Crippen LogP contribution in [-0.4, -0.2) is 20.6 Å². The highest BCUT2D eigenvalue weighted by Gasteiger charge is 2.14. The van der Waals surface area contributed by atoms with Crippen LogP contribution in [0, 0.1) is 0 Å². The molecule has 3 rings (SSSR count). The number of carboxylic acids is 1. The molecule has 18 heavy (non-hydrogen) atoms. The van der Waals surface area contributed by atoms with Gasteiger partial charge in [0.1, 0.15) is 12.2 Å². The smallest absolute Gasteiger partial charge is 0.323 e. The van der Waals surface area contributed by atoms with Gasteiger partial charge in [-0.05, 0) is 29.6 Å². The third kappa shape index (κ3) is 1.78. The Hall–Kier alpha value is -2.14. The fourth-order valence-electron chi connectivity index (χ4n) is 2.01. The second-order valence-corrected chi connectivity index (χ2v) is 4.85. The number of hydrogen-bond donors (Lipinski definition) is 1. The van der Waals surface area contributed by atoms with Gasteiger partial charge in [0, 0.05) is 11.6 Å². The highest BCUT2D eigenvalue weighted by atomic mass is 32.1. The van der Waals surface area contributed by atoms with Gasteiger partial charge in [-0.25, -0.2) is 4.98 Å². The molecule has 90 valence electrons. The molecule has 0 aliphatic heterocycles. The third-order valence-electron chi connectivity index (χ3n) is 2.72. The highest BCUT2D eigenvalue weighted by molar-refractivity contribution is 7.13. The number of pyridine rings is 1. The van der Waals surface area contributed by atoms with Gasteiger partial charge in [0.25, 0.3) is 0 Å². The lowest BCUT2D eigenvalue weighted by atomic mass is 10.3. The SMILES string of the molecule is O=C(O)Cn1c(-c2cccs2)cc2cccnc21. The first kappa shape index (κ1) is 11.0. The van der Waals surface area contributed by atoms with Crippen LogP contribution in [0.1, 0.15) is 0 Å². The average molecular weight is 258 g/mol. The van der Waals surface area contributed by atoms with Gasteiger partial charge >= 0.3 is 5.97 Å². The lowest BCUT2D eigenvalue weighted by molar-refractivity contribution is -0.137. The summed E-state index contributed by atoms with van der Waals surface area (Å²) in [6.45, 7) is -0.0756. The van der Waals surface area contributed by atoms with Gasteiger partial charge in [-0.2, -0.15) is 0 Å². The second kappa shape index (κ2) is 4.27. The van der Waals surface area contributed by atoms with Crippen molar-refractivity contribution in [2.24, 2.45) is 0 Å². The zero-order chi connectivity index (χ0) is 12.5. The third-order valence-corrected chi connectivity index (χ3v) is 3.61. The van der Waals surface area contributed by atoms with Gasteiger partial charge in [0.15, 0.2) is 0 Å². The minimum Gasteiger partial charge on any atom is -0.480 e. The summed E-state index contributed by atoms with van der Waals surface area (Å²) in [7, 11) is 0. The summed E-state index contributed by atoms with van der Waals surface area (Å²) in [6.07, 6.45) is 1.68. The number of nitrogens with zero attached hydrogens (tertiary/aromatic N) is 2. The molecule has 3 aromatic heterocycles. The fourth-order valence-corrected chi connectivity index (χ4v) is 2.76. The van der Waals surface area contributed by atoms with E-state index in [1.165, 1.54) is 0 Å².